The second kappa shape index (κ2) is 7.31. The molecule has 122 valence electrons. The smallest absolute Gasteiger partial charge is 0.286 e. The molecule has 1 N–H and O–H groups in total. The molecule has 0 atom stereocenters. The number of aromatic nitrogens is 2. The highest BCUT2D eigenvalue weighted by molar-refractivity contribution is 7.99. The maximum Gasteiger partial charge on any atom is 0.286 e. The van der Waals surface area contributed by atoms with Crippen LogP contribution in [0.25, 0.3) is 11.4 Å². The van der Waals surface area contributed by atoms with Crippen LogP contribution in [0.1, 0.15) is 11.1 Å². The highest BCUT2D eigenvalue weighted by Gasteiger charge is 2.11. The standard InChI is InChI=1S/C18H17N3O2S/c1-12-7-9-14(10-8-12)17-20-18(23-21-17)24-11-16(22)19-15-6-4-3-5-13(15)2/h3-10H,11H2,1-2H3,(H,19,22). The summed E-state index contributed by atoms with van der Waals surface area (Å²) in [5, 5.41) is 7.21. The lowest BCUT2D eigenvalue weighted by Crippen LogP contribution is -2.14. The molecule has 0 fully saturated rings. The van der Waals surface area contributed by atoms with Gasteiger partial charge < -0.3 is 9.84 Å². The Kier molecular flexibility index (Phi) is 4.96. The second-order valence-corrected chi connectivity index (χ2v) is 6.33. The minimum absolute atomic E-state index is 0.107. The Balaban J connectivity index is 1.58. The number of amides is 1. The molecule has 0 spiro atoms. The van der Waals surface area contributed by atoms with E-state index >= 15 is 0 Å². The van der Waals surface area contributed by atoms with Gasteiger partial charge in [0, 0.05) is 11.3 Å². The Morgan fingerprint density at radius 2 is 1.88 bits per heavy atom. The number of thioether (sulfide) groups is 1. The van der Waals surface area contributed by atoms with E-state index in [-0.39, 0.29) is 11.7 Å². The molecular weight excluding hydrogens is 322 g/mol. The van der Waals surface area contributed by atoms with Crippen molar-refractivity contribution < 1.29 is 9.32 Å². The summed E-state index contributed by atoms with van der Waals surface area (Å²) in [5.74, 6) is 0.630. The number of rotatable bonds is 5. The van der Waals surface area contributed by atoms with Gasteiger partial charge in [-0.15, -0.1) is 0 Å². The van der Waals surface area contributed by atoms with Gasteiger partial charge in [0.2, 0.25) is 11.7 Å². The van der Waals surface area contributed by atoms with Crippen LogP contribution in [-0.2, 0) is 4.79 Å². The molecule has 0 bridgehead atoms. The van der Waals surface area contributed by atoms with Crippen molar-refractivity contribution >= 4 is 23.4 Å². The Bertz CT molecular complexity index is 843. The Hall–Kier alpha value is -2.60. The van der Waals surface area contributed by atoms with Crippen molar-refractivity contribution in [1.29, 1.82) is 0 Å². The number of nitrogens with one attached hydrogen (secondary N) is 1. The predicted molar refractivity (Wildman–Crippen MR) is 95.0 cm³/mol. The van der Waals surface area contributed by atoms with Crippen LogP contribution in [0.3, 0.4) is 0 Å². The highest BCUT2D eigenvalue weighted by atomic mass is 32.2. The van der Waals surface area contributed by atoms with Crippen molar-refractivity contribution in [2.75, 3.05) is 11.1 Å². The van der Waals surface area contributed by atoms with E-state index in [9.17, 15) is 4.79 Å². The molecule has 3 aromatic rings. The molecule has 0 saturated carbocycles. The van der Waals surface area contributed by atoms with Gasteiger partial charge in [0.25, 0.3) is 5.22 Å². The number of hydrogen-bond acceptors (Lipinski definition) is 5. The van der Waals surface area contributed by atoms with Gasteiger partial charge in [-0.25, -0.2) is 0 Å². The lowest BCUT2D eigenvalue weighted by Gasteiger charge is -2.06. The highest BCUT2D eigenvalue weighted by Crippen LogP contribution is 2.22. The van der Waals surface area contributed by atoms with Crippen LogP contribution in [0, 0.1) is 13.8 Å². The molecule has 5 nitrogen and oxygen atoms in total. The van der Waals surface area contributed by atoms with E-state index in [0.717, 1.165) is 16.8 Å². The zero-order valence-electron chi connectivity index (χ0n) is 13.4. The van der Waals surface area contributed by atoms with Gasteiger partial charge in [0.1, 0.15) is 0 Å². The summed E-state index contributed by atoms with van der Waals surface area (Å²) >= 11 is 1.22. The Morgan fingerprint density at radius 3 is 2.62 bits per heavy atom. The largest absolute Gasteiger partial charge is 0.327 e. The fraction of sp³-hybridized carbons (Fsp3) is 0.167. The summed E-state index contributed by atoms with van der Waals surface area (Å²) in [4.78, 5) is 16.3. The number of para-hydroxylation sites is 1. The van der Waals surface area contributed by atoms with E-state index in [4.69, 9.17) is 4.52 Å². The molecule has 1 amide bonds. The maximum atomic E-state index is 12.0. The van der Waals surface area contributed by atoms with Crippen molar-refractivity contribution in [3.63, 3.8) is 0 Å². The van der Waals surface area contributed by atoms with Crippen LogP contribution in [0.15, 0.2) is 58.3 Å². The van der Waals surface area contributed by atoms with Gasteiger partial charge in [-0.3, -0.25) is 4.79 Å². The lowest BCUT2D eigenvalue weighted by atomic mass is 10.1. The van der Waals surface area contributed by atoms with Crippen LogP contribution in [-0.4, -0.2) is 21.8 Å². The van der Waals surface area contributed by atoms with E-state index < -0.39 is 0 Å². The van der Waals surface area contributed by atoms with Gasteiger partial charge in [-0.1, -0.05) is 64.9 Å². The minimum atomic E-state index is -0.107. The summed E-state index contributed by atoms with van der Waals surface area (Å²) in [7, 11) is 0. The van der Waals surface area contributed by atoms with E-state index in [1.807, 2.05) is 62.4 Å². The predicted octanol–water partition coefficient (Wildman–Crippen LogP) is 4.08. The molecule has 0 unspecified atom stereocenters. The van der Waals surface area contributed by atoms with Gasteiger partial charge in [0.15, 0.2) is 0 Å². The number of carbonyl (C=O) groups is 1. The molecule has 24 heavy (non-hydrogen) atoms. The fourth-order valence-electron chi connectivity index (χ4n) is 2.11. The van der Waals surface area contributed by atoms with Crippen LogP contribution in [0.4, 0.5) is 5.69 Å². The molecule has 2 aromatic carbocycles. The molecule has 0 aliphatic heterocycles. The Morgan fingerprint density at radius 1 is 1.12 bits per heavy atom. The van der Waals surface area contributed by atoms with Crippen LogP contribution in [0.2, 0.25) is 0 Å². The first-order chi connectivity index (χ1) is 11.6. The van der Waals surface area contributed by atoms with Crippen molar-refractivity contribution in [3.05, 3.63) is 59.7 Å². The number of hydrogen-bond donors (Lipinski definition) is 1. The first-order valence-electron chi connectivity index (χ1n) is 7.51. The van der Waals surface area contributed by atoms with Gasteiger partial charge in [-0.2, -0.15) is 4.98 Å². The summed E-state index contributed by atoms with van der Waals surface area (Å²) in [6.45, 7) is 3.98. The van der Waals surface area contributed by atoms with Crippen molar-refractivity contribution in [1.82, 2.24) is 10.1 Å². The van der Waals surface area contributed by atoms with Gasteiger partial charge in [-0.05, 0) is 25.5 Å². The Labute approximate surface area is 144 Å². The summed E-state index contributed by atoms with van der Waals surface area (Å²) in [5.41, 5.74) is 3.90. The topological polar surface area (TPSA) is 68.0 Å². The quantitative estimate of drug-likeness (QED) is 0.709. The molecule has 1 heterocycles. The van der Waals surface area contributed by atoms with Crippen molar-refractivity contribution in [3.8, 4) is 11.4 Å². The first-order valence-corrected chi connectivity index (χ1v) is 8.49. The minimum Gasteiger partial charge on any atom is -0.327 e. The third-order valence-electron chi connectivity index (χ3n) is 3.46. The molecule has 0 radical (unpaired) electrons. The molecule has 3 rings (SSSR count). The molecule has 6 heteroatoms. The second-order valence-electron chi connectivity index (χ2n) is 5.40. The zero-order chi connectivity index (χ0) is 16.9. The number of aryl methyl sites for hydroxylation is 2. The normalized spacial score (nSPS) is 10.6. The van der Waals surface area contributed by atoms with Crippen molar-refractivity contribution in [2.45, 2.75) is 19.1 Å². The van der Waals surface area contributed by atoms with Gasteiger partial charge >= 0.3 is 0 Å². The number of benzene rings is 2. The zero-order valence-corrected chi connectivity index (χ0v) is 14.3. The molecule has 0 aliphatic carbocycles. The average Bonchev–Trinajstić information content (AvgIpc) is 3.05. The fourth-order valence-corrected chi connectivity index (χ4v) is 2.68. The third kappa shape index (κ3) is 4.02. The van der Waals surface area contributed by atoms with Crippen molar-refractivity contribution in [2.24, 2.45) is 0 Å². The number of anilines is 1. The van der Waals surface area contributed by atoms with Crippen LogP contribution < -0.4 is 5.32 Å². The van der Waals surface area contributed by atoms with Crippen LogP contribution in [0.5, 0.6) is 0 Å². The van der Waals surface area contributed by atoms with E-state index in [1.165, 1.54) is 17.3 Å². The number of carbonyl (C=O) groups excluding carboxylic acids is 1. The molecular formula is C18H17N3O2S. The molecule has 1 aromatic heterocycles. The third-order valence-corrected chi connectivity index (χ3v) is 4.28. The lowest BCUT2D eigenvalue weighted by molar-refractivity contribution is -0.113. The molecule has 0 saturated heterocycles. The maximum absolute atomic E-state index is 12.0. The summed E-state index contributed by atoms with van der Waals surface area (Å²) in [6.07, 6.45) is 0. The van der Waals surface area contributed by atoms with E-state index in [0.29, 0.717) is 11.0 Å². The number of nitrogens with zero attached hydrogens (tertiary/aromatic N) is 2. The first kappa shape index (κ1) is 16.3. The molecule has 0 aliphatic rings. The van der Waals surface area contributed by atoms with Crippen LogP contribution >= 0.6 is 11.8 Å². The monoisotopic (exact) mass is 339 g/mol. The van der Waals surface area contributed by atoms with Gasteiger partial charge in [0.05, 0.1) is 5.75 Å². The summed E-state index contributed by atoms with van der Waals surface area (Å²) in [6, 6.07) is 15.5. The van der Waals surface area contributed by atoms with E-state index in [1.54, 1.807) is 0 Å². The SMILES string of the molecule is Cc1ccc(-c2noc(SCC(=O)Nc3ccccc3C)n2)cc1. The van der Waals surface area contributed by atoms with E-state index in [2.05, 4.69) is 15.5 Å². The summed E-state index contributed by atoms with van der Waals surface area (Å²) < 4.78 is 5.20. The average molecular weight is 339 g/mol.